The van der Waals surface area contributed by atoms with Gasteiger partial charge in [0.15, 0.2) is 0 Å². The van der Waals surface area contributed by atoms with E-state index in [1.165, 1.54) is 0 Å². The molecule has 0 spiro atoms. The van der Waals surface area contributed by atoms with Crippen LogP contribution in [-0.2, 0) is 14.3 Å². The van der Waals surface area contributed by atoms with E-state index in [1.54, 1.807) is 41.0 Å². The number of benzene rings is 1. The number of hydrogen-bond donors (Lipinski definition) is 1. The van der Waals surface area contributed by atoms with Gasteiger partial charge >= 0.3 is 0 Å². The number of morpholine rings is 1. The molecule has 1 aromatic carbocycles. The minimum atomic E-state index is -0.0863. The Labute approximate surface area is 159 Å². The molecule has 3 amide bonds. The summed E-state index contributed by atoms with van der Waals surface area (Å²) in [6.45, 7) is 6.51. The number of anilines is 1. The Morgan fingerprint density at radius 2 is 1.70 bits per heavy atom. The molecule has 146 valence electrons. The molecule has 1 aromatic rings. The Morgan fingerprint density at radius 3 is 2.30 bits per heavy atom. The molecule has 3 rings (SSSR count). The summed E-state index contributed by atoms with van der Waals surface area (Å²) >= 11 is 0. The van der Waals surface area contributed by atoms with Gasteiger partial charge in [0.1, 0.15) is 0 Å². The van der Waals surface area contributed by atoms with Gasteiger partial charge in [0, 0.05) is 50.3 Å². The van der Waals surface area contributed by atoms with Crippen molar-refractivity contribution in [2.75, 3.05) is 38.1 Å². The maximum absolute atomic E-state index is 12.6. The number of amides is 3. The lowest BCUT2D eigenvalue weighted by atomic mass is 9.96. The smallest absolute Gasteiger partial charge is 0.254 e. The van der Waals surface area contributed by atoms with E-state index in [9.17, 15) is 14.4 Å². The number of carbonyl (C=O) groups is 3. The van der Waals surface area contributed by atoms with E-state index >= 15 is 0 Å². The first-order valence-electron chi connectivity index (χ1n) is 9.51. The van der Waals surface area contributed by atoms with Crippen LogP contribution in [-0.4, -0.2) is 66.4 Å². The summed E-state index contributed by atoms with van der Waals surface area (Å²) in [7, 11) is 0. The van der Waals surface area contributed by atoms with Gasteiger partial charge in [-0.2, -0.15) is 0 Å². The highest BCUT2D eigenvalue weighted by molar-refractivity contribution is 5.96. The Hall–Kier alpha value is -2.41. The first kappa shape index (κ1) is 19.4. The summed E-state index contributed by atoms with van der Waals surface area (Å²) in [5.41, 5.74) is 1.29. The van der Waals surface area contributed by atoms with Crippen molar-refractivity contribution in [3.8, 4) is 0 Å². The van der Waals surface area contributed by atoms with E-state index in [0.29, 0.717) is 56.9 Å². The number of piperidine rings is 1. The Bertz CT molecular complexity index is 696. The molecular weight excluding hydrogens is 346 g/mol. The molecule has 0 bridgehead atoms. The molecule has 1 atom stereocenters. The molecule has 1 unspecified atom stereocenters. The molecule has 0 radical (unpaired) electrons. The summed E-state index contributed by atoms with van der Waals surface area (Å²) in [5, 5.41) is 2.92. The molecule has 7 heteroatoms. The third-order valence-electron chi connectivity index (χ3n) is 5.24. The molecule has 1 N–H and O–H groups in total. The van der Waals surface area contributed by atoms with Crippen LogP contribution in [0, 0.1) is 5.92 Å². The molecule has 27 heavy (non-hydrogen) atoms. The van der Waals surface area contributed by atoms with Crippen molar-refractivity contribution in [1.29, 1.82) is 0 Å². The molecule has 2 aliphatic rings. The second-order valence-electron chi connectivity index (χ2n) is 7.28. The topological polar surface area (TPSA) is 79.0 Å². The standard InChI is InChI=1S/C20H27N3O4/c1-14-13-23(11-12-27-14)20(26)17-3-5-18(6-4-17)21-19(25)16-7-9-22(10-8-16)15(2)24/h3-6,14,16H,7-13H2,1-2H3,(H,21,25). The van der Waals surface area contributed by atoms with Crippen molar-refractivity contribution in [2.45, 2.75) is 32.8 Å². The average Bonchev–Trinajstić information content (AvgIpc) is 2.68. The van der Waals surface area contributed by atoms with Gasteiger partial charge in [-0.15, -0.1) is 0 Å². The van der Waals surface area contributed by atoms with Crippen LogP contribution in [0.25, 0.3) is 0 Å². The Balaban J connectivity index is 1.54. The summed E-state index contributed by atoms with van der Waals surface area (Å²) in [5.74, 6) is -0.0700. The normalized spacial score (nSPS) is 21.0. The number of carbonyl (C=O) groups excluding carboxylic acids is 3. The third kappa shape index (κ3) is 4.86. The highest BCUT2D eigenvalue weighted by atomic mass is 16.5. The van der Waals surface area contributed by atoms with Gasteiger partial charge in [-0.3, -0.25) is 14.4 Å². The molecule has 2 heterocycles. The largest absolute Gasteiger partial charge is 0.375 e. The lowest BCUT2D eigenvalue weighted by Crippen LogP contribution is -2.44. The minimum Gasteiger partial charge on any atom is -0.375 e. The fourth-order valence-corrected chi connectivity index (χ4v) is 3.58. The molecule has 0 aliphatic carbocycles. The van der Waals surface area contributed by atoms with Crippen LogP contribution in [0.4, 0.5) is 5.69 Å². The quantitative estimate of drug-likeness (QED) is 0.875. The molecular formula is C20H27N3O4. The Morgan fingerprint density at radius 1 is 1.04 bits per heavy atom. The van der Waals surface area contributed by atoms with Gasteiger partial charge in [0.25, 0.3) is 5.91 Å². The predicted molar refractivity (Wildman–Crippen MR) is 101 cm³/mol. The fourth-order valence-electron chi connectivity index (χ4n) is 3.58. The Kier molecular flexibility index (Phi) is 6.11. The zero-order valence-electron chi connectivity index (χ0n) is 15.9. The van der Waals surface area contributed by atoms with Crippen LogP contribution in [0.1, 0.15) is 37.0 Å². The summed E-state index contributed by atoms with van der Waals surface area (Å²) in [6, 6.07) is 7.02. The minimum absolute atomic E-state index is 0.0142. The fraction of sp³-hybridized carbons (Fsp3) is 0.550. The molecule has 0 saturated carbocycles. The monoisotopic (exact) mass is 373 g/mol. The third-order valence-corrected chi connectivity index (χ3v) is 5.24. The van der Waals surface area contributed by atoms with E-state index in [0.717, 1.165) is 0 Å². The van der Waals surface area contributed by atoms with Gasteiger partial charge < -0.3 is 19.9 Å². The average molecular weight is 373 g/mol. The van der Waals surface area contributed by atoms with Crippen LogP contribution in [0.5, 0.6) is 0 Å². The van der Waals surface area contributed by atoms with Gasteiger partial charge in [-0.1, -0.05) is 0 Å². The first-order valence-corrected chi connectivity index (χ1v) is 9.51. The van der Waals surface area contributed by atoms with Crippen molar-refractivity contribution in [2.24, 2.45) is 5.92 Å². The van der Waals surface area contributed by atoms with Crippen molar-refractivity contribution in [3.63, 3.8) is 0 Å². The lowest BCUT2D eigenvalue weighted by Gasteiger charge is -2.31. The van der Waals surface area contributed by atoms with Crippen LogP contribution >= 0.6 is 0 Å². The van der Waals surface area contributed by atoms with E-state index in [2.05, 4.69) is 5.32 Å². The van der Waals surface area contributed by atoms with Crippen LogP contribution in [0.3, 0.4) is 0 Å². The molecule has 2 saturated heterocycles. The summed E-state index contributed by atoms with van der Waals surface area (Å²) in [4.78, 5) is 39.9. The van der Waals surface area contributed by atoms with E-state index in [1.807, 2.05) is 6.92 Å². The summed E-state index contributed by atoms with van der Waals surface area (Å²) in [6.07, 6.45) is 1.41. The number of likely N-dealkylation sites (tertiary alicyclic amines) is 1. The molecule has 2 aliphatic heterocycles. The number of nitrogens with one attached hydrogen (secondary N) is 1. The zero-order valence-corrected chi connectivity index (χ0v) is 15.9. The highest BCUT2D eigenvalue weighted by Crippen LogP contribution is 2.20. The number of nitrogens with zero attached hydrogens (tertiary/aromatic N) is 2. The van der Waals surface area contributed by atoms with Gasteiger partial charge in [0.2, 0.25) is 11.8 Å². The highest BCUT2D eigenvalue weighted by Gasteiger charge is 2.26. The van der Waals surface area contributed by atoms with E-state index in [-0.39, 0.29) is 29.7 Å². The van der Waals surface area contributed by atoms with Crippen LogP contribution < -0.4 is 5.32 Å². The van der Waals surface area contributed by atoms with Crippen molar-refractivity contribution >= 4 is 23.4 Å². The molecule has 0 aromatic heterocycles. The van der Waals surface area contributed by atoms with Crippen LogP contribution in [0.15, 0.2) is 24.3 Å². The van der Waals surface area contributed by atoms with Crippen molar-refractivity contribution in [3.05, 3.63) is 29.8 Å². The zero-order chi connectivity index (χ0) is 19.4. The van der Waals surface area contributed by atoms with Gasteiger partial charge in [-0.25, -0.2) is 0 Å². The second kappa shape index (κ2) is 8.52. The molecule has 7 nitrogen and oxygen atoms in total. The SMILES string of the molecule is CC(=O)N1CCC(C(=O)Nc2ccc(C(=O)N3CCOC(C)C3)cc2)CC1. The number of rotatable bonds is 3. The van der Waals surface area contributed by atoms with Gasteiger partial charge in [0.05, 0.1) is 12.7 Å². The van der Waals surface area contributed by atoms with Crippen molar-refractivity contribution in [1.82, 2.24) is 9.80 Å². The number of hydrogen-bond acceptors (Lipinski definition) is 4. The maximum Gasteiger partial charge on any atom is 0.254 e. The van der Waals surface area contributed by atoms with Crippen molar-refractivity contribution < 1.29 is 19.1 Å². The summed E-state index contributed by atoms with van der Waals surface area (Å²) < 4.78 is 5.47. The predicted octanol–water partition coefficient (Wildman–Crippen LogP) is 1.74. The number of ether oxygens (including phenoxy) is 1. The molecule has 2 fully saturated rings. The van der Waals surface area contributed by atoms with Gasteiger partial charge in [-0.05, 0) is 44.0 Å². The lowest BCUT2D eigenvalue weighted by molar-refractivity contribution is -0.132. The first-order chi connectivity index (χ1) is 12.9. The maximum atomic E-state index is 12.6. The second-order valence-corrected chi connectivity index (χ2v) is 7.28. The van der Waals surface area contributed by atoms with Crippen LogP contribution in [0.2, 0.25) is 0 Å². The van der Waals surface area contributed by atoms with E-state index in [4.69, 9.17) is 4.74 Å². The van der Waals surface area contributed by atoms with E-state index < -0.39 is 0 Å².